The lowest BCUT2D eigenvalue weighted by Gasteiger charge is -2.20. The lowest BCUT2D eigenvalue weighted by atomic mass is 9.95. The lowest BCUT2D eigenvalue weighted by Crippen LogP contribution is -2.41. The second kappa shape index (κ2) is 6.93. The molecular formula is C15H19NO4. The molecule has 1 saturated heterocycles. The molecule has 1 fully saturated rings. The average molecular weight is 277 g/mol. The first-order valence-electron chi connectivity index (χ1n) is 6.89. The SMILES string of the molecule is CCOc1ccccc1OCCC1CCC(=O)NC1=O. The highest BCUT2D eigenvalue weighted by molar-refractivity contribution is 5.98. The summed E-state index contributed by atoms with van der Waals surface area (Å²) in [6, 6.07) is 7.46. The van der Waals surface area contributed by atoms with Crippen LogP contribution in [-0.4, -0.2) is 25.0 Å². The molecule has 5 heteroatoms. The van der Waals surface area contributed by atoms with Gasteiger partial charge in [-0.05, 0) is 31.9 Å². The van der Waals surface area contributed by atoms with Crippen LogP contribution < -0.4 is 14.8 Å². The summed E-state index contributed by atoms with van der Waals surface area (Å²) in [7, 11) is 0. The van der Waals surface area contributed by atoms with Gasteiger partial charge in [0, 0.05) is 12.3 Å². The van der Waals surface area contributed by atoms with Crippen LogP contribution in [-0.2, 0) is 9.59 Å². The van der Waals surface area contributed by atoms with Crippen molar-refractivity contribution >= 4 is 11.8 Å². The van der Waals surface area contributed by atoms with E-state index < -0.39 is 0 Å². The molecule has 108 valence electrons. The van der Waals surface area contributed by atoms with Crippen LogP contribution in [0.5, 0.6) is 11.5 Å². The van der Waals surface area contributed by atoms with Gasteiger partial charge in [-0.15, -0.1) is 0 Å². The molecule has 2 rings (SSSR count). The first-order chi connectivity index (χ1) is 9.70. The standard InChI is InChI=1S/C15H19NO4/c1-2-19-12-5-3-4-6-13(12)20-10-9-11-7-8-14(17)16-15(11)18/h3-6,11H,2,7-10H2,1H3,(H,16,17,18). The van der Waals surface area contributed by atoms with Gasteiger partial charge in [-0.1, -0.05) is 12.1 Å². The van der Waals surface area contributed by atoms with Crippen LogP contribution in [0.3, 0.4) is 0 Å². The van der Waals surface area contributed by atoms with E-state index in [9.17, 15) is 9.59 Å². The normalized spacial score (nSPS) is 18.6. The number of hydrogen-bond donors (Lipinski definition) is 1. The molecule has 1 aliphatic heterocycles. The van der Waals surface area contributed by atoms with E-state index in [0.717, 1.165) is 0 Å². The summed E-state index contributed by atoms with van der Waals surface area (Å²) in [5, 5.41) is 2.35. The second-order valence-corrected chi connectivity index (χ2v) is 4.66. The van der Waals surface area contributed by atoms with Crippen LogP contribution in [0.1, 0.15) is 26.2 Å². The zero-order valence-corrected chi connectivity index (χ0v) is 11.6. The highest BCUT2D eigenvalue weighted by atomic mass is 16.5. The summed E-state index contributed by atoms with van der Waals surface area (Å²) in [5.74, 6) is 0.865. The third-order valence-electron chi connectivity index (χ3n) is 3.23. The Bertz CT molecular complexity index is 487. The van der Waals surface area contributed by atoms with E-state index in [-0.39, 0.29) is 17.7 Å². The van der Waals surface area contributed by atoms with Gasteiger partial charge >= 0.3 is 0 Å². The van der Waals surface area contributed by atoms with E-state index in [1.807, 2.05) is 31.2 Å². The number of piperidine rings is 1. The van der Waals surface area contributed by atoms with Gasteiger partial charge in [0.1, 0.15) is 0 Å². The van der Waals surface area contributed by atoms with Gasteiger partial charge in [0.05, 0.1) is 13.2 Å². The minimum absolute atomic E-state index is 0.146. The van der Waals surface area contributed by atoms with Crippen molar-refractivity contribution in [2.75, 3.05) is 13.2 Å². The minimum Gasteiger partial charge on any atom is -0.490 e. The average Bonchev–Trinajstić information content (AvgIpc) is 2.43. The third kappa shape index (κ3) is 3.73. The van der Waals surface area contributed by atoms with Crippen molar-refractivity contribution in [2.24, 2.45) is 5.92 Å². The van der Waals surface area contributed by atoms with Crippen molar-refractivity contribution < 1.29 is 19.1 Å². The molecule has 0 saturated carbocycles. The maximum absolute atomic E-state index is 11.6. The van der Waals surface area contributed by atoms with Crippen LogP contribution in [0, 0.1) is 5.92 Å². The molecule has 1 N–H and O–H groups in total. The van der Waals surface area contributed by atoms with E-state index in [1.54, 1.807) is 0 Å². The van der Waals surface area contributed by atoms with Gasteiger partial charge in [-0.2, -0.15) is 0 Å². The van der Waals surface area contributed by atoms with Crippen molar-refractivity contribution in [1.29, 1.82) is 0 Å². The molecule has 0 radical (unpaired) electrons. The van der Waals surface area contributed by atoms with Crippen molar-refractivity contribution in [2.45, 2.75) is 26.2 Å². The van der Waals surface area contributed by atoms with Gasteiger partial charge in [0.2, 0.25) is 11.8 Å². The van der Waals surface area contributed by atoms with Crippen molar-refractivity contribution in [3.8, 4) is 11.5 Å². The van der Waals surface area contributed by atoms with Crippen LogP contribution in [0.25, 0.3) is 0 Å². The summed E-state index contributed by atoms with van der Waals surface area (Å²) in [6.45, 7) is 2.92. The predicted molar refractivity (Wildman–Crippen MR) is 73.6 cm³/mol. The summed E-state index contributed by atoms with van der Waals surface area (Å²) >= 11 is 0. The van der Waals surface area contributed by atoms with E-state index in [1.165, 1.54) is 0 Å². The highest BCUT2D eigenvalue weighted by Gasteiger charge is 2.26. The molecule has 20 heavy (non-hydrogen) atoms. The van der Waals surface area contributed by atoms with Gasteiger partial charge in [-0.25, -0.2) is 0 Å². The van der Waals surface area contributed by atoms with Crippen molar-refractivity contribution in [3.05, 3.63) is 24.3 Å². The Labute approximate surface area is 118 Å². The lowest BCUT2D eigenvalue weighted by molar-refractivity contribution is -0.136. The molecular weight excluding hydrogens is 258 g/mol. The van der Waals surface area contributed by atoms with Crippen molar-refractivity contribution in [3.63, 3.8) is 0 Å². The Morgan fingerprint density at radius 2 is 1.90 bits per heavy atom. The van der Waals surface area contributed by atoms with E-state index >= 15 is 0 Å². The summed E-state index contributed by atoms with van der Waals surface area (Å²) in [4.78, 5) is 22.7. The maximum atomic E-state index is 11.6. The second-order valence-electron chi connectivity index (χ2n) is 4.66. The Balaban J connectivity index is 1.84. The number of carbonyl (C=O) groups excluding carboxylic acids is 2. The first-order valence-corrected chi connectivity index (χ1v) is 6.89. The largest absolute Gasteiger partial charge is 0.490 e. The fraction of sp³-hybridized carbons (Fsp3) is 0.467. The van der Waals surface area contributed by atoms with Crippen LogP contribution >= 0.6 is 0 Å². The molecule has 5 nitrogen and oxygen atoms in total. The van der Waals surface area contributed by atoms with Gasteiger partial charge in [0.15, 0.2) is 11.5 Å². The molecule has 0 bridgehead atoms. The quantitative estimate of drug-likeness (QED) is 0.807. The fourth-order valence-electron chi connectivity index (χ4n) is 2.17. The number of rotatable bonds is 6. The number of carbonyl (C=O) groups is 2. The maximum Gasteiger partial charge on any atom is 0.229 e. The molecule has 0 aliphatic carbocycles. The van der Waals surface area contributed by atoms with Crippen LogP contribution in [0.4, 0.5) is 0 Å². The molecule has 1 heterocycles. The molecule has 0 aromatic heterocycles. The molecule has 2 amide bonds. The van der Waals surface area contributed by atoms with Crippen LogP contribution in [0.15, 0.2) is 24.3 Å². The molecule has 1 aliphatic rings. The Kier molecular flexibility index (Phi) is 4.98. The first kappa shape index (κ1) is 14.4. The third-order valence-corrected chi connectivity index (χ3v) is 3.23. The molecule has 0 spiro atoms. The minimum atomic E-state index is -0.192. The molecule has 1 aromatic rings. The number of nitrogens with one attached hydrogen (secondary N) is 1. The number of hydrogen-bond acceptors (Lipinski definition) is 4. The Morgan fingerprint density at radius 3 is 2.55 bits per heavy atom. The zero-order valence-electron chi connectivity index (χ0n) is 11.6. The highest BCUT2D eigenvalue weighted by Crippen LogP contribution is 2.27. The monoisotopic (exact) mass is 277 g/mol. The van der Waals surface area contributed by atoms with Gasteiger partial charge in [-0.3, -0.25) is 14.9 Å². The zero-order chi connectivity index (χ0) is 14.4. The number of imide groups is 1. The van der Waals surface area contributed by atoms with Gasteiger partial charge in [0.25, 0.3) is 0 Å². The fourth-order valence-corrected chi connectivity index (χ4v) is 2.17. The van der Waals surface area contributed by atoms with E-state index in [0.29, 0.717) is 44.0 Å². The summed E-state index contributed by atoms with van der Waals surface area (Å²) in [5.41, 5.74) is 0. The smallest absolute Gasteiger partial charge is 0.229 e. The topological polar surface area (TPSA) is 64.6 Å². The number of para-hydroxylation sites is 2. The number of amides is 2. The summed E-state index contributed by atoms with van der Waals surface area (Å²) in [6.07, 6.45) is 1.60. The van der Waals surface area contributed by atoms with E-state index in [2.05, 4.69) is 5.32 Å². The van der Waals surface area contributed by atoms with E-state index in [4.69, 9.17) is 9.47 Å². The Morgan fingerprint density at radius 1 is 1.20 bits per heavy atom. The predicted octanol–water partition coefficient (Wildman–Crippen LogP) is 1.91. The number of ether oxygens (including phenoxy) is 2. The number of benzene rings is 1. The van der Waals surface area contributed by atoms with Gasteiger partial charge < -0.3 is 9.47 Å². The van der Waals surface area contributed by atoms with Crippen LogP contribution in [0.2, 0.25) is 0 Å². The Hall–Kier alpha value is -2.04. The summed E-state index contributed by atoms with van der Waals surface area (Å²) < 4.78 is 11.1. The molecule has 1 aromatic carbocycles. The van der Waals surface area contributed by atoms with Crippen molar-refractivity contribution in [1.82, 2.24) is 5.32 Å². The molecule has 1 atom stereocenters. The molecule has 1 unspecified atom stereocenters.